The molecule has 0 rings (SSSR count). The molecule has 0 saturated carbocycles. The smallest absolute Gasteiger partial charge is 0.137 e. The molecule has 0 fully saturated rings. The lowest BCUT2D eigenvalue weighted by Gasteiger charge is -2.03. The van der Waals surface area contributed by atoms with Gasteiger partial charge in [-0.2, -0.15) is 0 Å². The maximum Gasteiger partial charge on any atom is 0.137 e. The Morgan fingerprint density at radius 2 is 2.00 bits per heavy atom. The van der Waals surface area contributed by atoms with E-state index in [0.717, 1.165) is 0 Å². The van der Waals surface area contributed by atoms with Crippen molar-refractivity contribution in [2.75, 3.05) is 19.8 Å². The van der Waals surface area contributed by atoms with E-state index in [9.17, 15) is 4.79 Å². The number of ether oxygens (including phenoxy) is 1. The van der Waals surface area contributed by atoms with Gasteiger partial charge in [0.25, 0.3) is 0 Å². The molecule has 0 aromatic rings. The van der Waals surface area contributed by atoms with E-state index in [1.54, 1.807) is 0 Å². The van der Waals surface area contributed by atoms with Crippen LogP contribution in [-0.4, -0.2) is 25.5 Å². The fourth-order valence-corrected chi connectivity index (χ4v) is 0.647. The Labute approximate surface area is 75.3 Å². The summed E-state index contributed by atoms with van der Waals surface area (Å²) in [6, 6.07) is 0. The van der Waals surface area contributed by atoms with Gasteiger partial charge >= 0.3 is 0 Å². The second-order valence-electron chi connectivity index (χ2n) is 2.77. The predicted octanol–water partition coefficient (Wildman–Crippen LogP) is 1.21. The molecule has 3 heteroatoms. The topological polar surface area (TPSA) is 52.3 Å². The molecule has 3 nitrogen and oxygen atoms in total. The molecule has 0 aromatic heterocycles. The largest absolute Gasteiger partial charge is 0.380 e. The third-order valence-electron chi connectivity index (χ3n) is 1.40. The van der Waals surface area contributed by atoms with Crippen LogP contribution >= 0.6 is 0 Å². The summed E-state index contributed by atoms with van der Waals surface area (Å²) in [6.07, 6.45) is 0.512. The minimum absolute atomic E-state index is 0. The molecule has 0 saturated heterocycles. The van der Waals surface area contributed by atoms with E-state index in [0.29, 0.717) is 26.2 Å². The van der Waals surface area contributed by atoms with Gasteiger partial charge in [-0.1, -0.05) is 21.3 Å². The van der Waals surface area contributed by atoms with Crippen molar-refractivity contribution in [2.24, 2.45) is 11.7 Å². The van der Waals surface area contributed by atoms with Gasteiger partial charge in [-0.15, -0.1) is 0 Å². The van der Waals surface area contributed by atoms with Gasteiger partial charge in [-0.25, -0.2) is 0 Å². The zero-order chi connectivity index (χ0) is 8.69. The minimum Gasteiger partial charge on any atom is -0.380 e. The van der Waals surface area contributed by atoms with E-state index in [1.807, 2.05) is 13.8 Å². The van der Waals surface area contributed by atoms with Crippen molar-refractivity contribution in [1.82, 2.24) is 0 Å². The Bertz CT molecular complexity index is 113. The summed E-state index contributed by atoms with van der Waals surface area (Å²) in [7, 11) is 0. The number of Topliss-reactive ketones (excluding diaryl/α,β-unsaturated/α-hetero) is 1. The van der Waals surface area contributed by atoms with E-state index < -0.39 is 0 Å². The first-order chi connectivity index (χ1) is 5.18. The van der Waals surface area contributed by atoms with Gasteiger partial charge < -0.3 is 10.5 Å². The highest BCUT2D eigenvalue weighted by atomic mass is 16.5. The van der Waals surface area contributed by atoms with E-state index in [2.05, 4.69) is 0 Å². The van der Waals surface area contributed by atoms with Crippen molar-refractivity contribution >= 4 is 5.78 Å². The van der Waals surface area contributed by atoms with Crippen molar-refractivity contribution in [3.8, 4) is 0 Å². The minimum atomic E-state index is 0. The van der Waals surface area contributed by atoms with Gasteiger partial charge in [0.2, 0.25) is 0 Å². The molecule has 0 spiro atoms. The Kier molecular flexibility index (Phi) is 10.2. The zero-order valence-corrected chi connectivity index (χ0v) is 7.30. The summed E-state index contributed by atoms with van der Waals surface area (Å²) < 4.78 is 5.06. The Morgan fingerprint density at radius 3 is 2.42 bits per heavy atom. The highest BCUT2D eigenvalue weighted by Gasteiger charge is 2.05. The van der Waals surface area contributed by atoms with Crippen LogP contribution < -0.4 is 5.73 Å². The van der Waals surface area contributed by atoms with Gasteiger partial charge in [0, 0.05) is 18.9 Å². The summed E-state index contributed by atoms with van der Waals surface area (Å²) >= 11 is 0. The molecule has 2 N–H and O–H groups in total. The summed E-state index contributed by atoms with van der Waals surface area (Å²) in [5.41, 5.74) is 5.20. The number of rotatable bonds is 6. The molecule has 0 radical (unpaired) electrons. The summed E-state index contributed by atoms with van der Waals surface area (Å²) in [6.45, 7) is 5.37. The fourth-order valence-electron chi connectivity index (χ4n) is 0.647. The Balaban J connectivity index is 0. The van der Waals surface area contributed by atoms with Gasteiger partial charge in [0.1, 0.15) is 5.78 Å². The molecule has 0 amide bonds. The van der Waals surface area contributed by atoms with Crippen LogP contribution in [0.3, 0.4) is 0 Å². The maximum atomic E-state index is 11.0. The lowest BCUT2D eigenvalue weighted by atomic mass is 10.1. The van der Waals surface area contributed by atoms with Crippen molar-refractivity contribution in [3.05, 3.63) is 0 Å². The molecule has 74 valence electrons. The molecular formula is C9H21NO2. The van der Waals surface area contributed by atoms with E-state index in [4.69, 9.17) is 10.5 Å². The number of carbonyl (C=O) groups is 1. The quantitative estimate of drug-likeness (QED) is 0.617. The van der Waals surface area contributed by atoms with E-state index in [-0.39, 0.29) is 19.1 Å². The molecule has 0 bridgehead atoms. The third-order valence-corrected chi connectivity index (χ3v) is 1.40. The number of ketones is 1. The number of hydrogen-bond acceptors (Lipinski definition) is 3. The van der Waals surface area contributed by atoms with Crippen LogP contribution in [0.4, 0.5) is 0 Å². The van der Waals surface area contributed by atoms with Crippen molar-refractivity contribution in [2.45, 2.75) is 27.7 Å². The normalized spacial score (nSPS) is 9.67. The molecule has 0 heterocycles. The molecule has 12 heavy (non-hydrogen) atoms. The van der Waals surface area contributed by atoms with Gasteiger partial charge in [-0.3, -0.25) is 4.79 Å². The highest BCUT2D eigenvalue weighted by molar-refractivity contribution is 5.80. The standard InChI is InChI=1S/C8H17NO2.CH4/c1-7(2)8(10)3-5-11-6-4-9;/h7H,3-6,9H2,1-2H3;1H4. The molecule has 0 unspecified atom stereocenters. The Hall–Kier alpha value is -0.410. The first-order valence-electron chi connectivity index (χ1n) is 3.99. The van der Waals surface area contributed by atoms with Crippen LogP contribution in [0.15, 0.2) is 0 Å². The molecule has 0 atom stereocenters. The molecule has 0 aliphatic rings. The molecule has 0 aliphatic carbocycles. The van der Waals surface area contributed by atoms with Crippen LogP contribution in [0.5, 0.6) is 0 Å². The SMILES string of the molecule is C.CC(C)C(=O)CCOCCN. The maximum absolute atomic E-state index is 11.0. The van der Waals surface area contributed by atoms with Crippen molar-refractivity contribution < 1.29 is 9.53 Å². The average Bonchev–Trinajstić information content (AvgIpc) is 1.97. The average molecular weight is 175 g/mol. The van der Waals surface area contributed by atoms with Gasteiger partial charge in [0.15, 0.2) is 0 Å². The Morgan fingerprint density at radius 1 is 1.42 bits per heavy atom. The van der Waals surface area contributed by atoms with Crippen LogP contribution in [0, 0.1) is 5.92 Å². The first kappa shape index (κ1) is 14.1. The molecule has 0 aromatic carbocycles. The van der Waals surface area contributed by atoms with Gasteiger partial charge in [-0.05, 0) is 0 Å². The number of carbonyl (C=O) groups excluding carboxylic acids is 1. The van der Waals surface area contributed by atoms with Crippen LogP contribution in [0.2, 0.25) is 0 Å². The third kappa shape index (κ3) is 7.69. The molecular weight excluding hydrogens is 154 g/mol. The lowest BCUT2D eigenvalue weighted by molar-refractivity contribution is -0.122. The monoisotopic (exact) mass is 175 g/mol. The van der Waals surface area contributed by atoms with Gasteiger partial charge in [0.05, 0.1) is 13.2 Å². The second kappa shape index (κ2) is 8.68. The number of nitrogens with two attached hydrogens (primary N) is 1. The molecule has 0 aliphatic heterocycles. The number of hydrogen-bond donors (Lipinski definition) is 1. The first-order valence-corrected chi connectivity index (χ1v) is 3.99. The van der Waals surface area contributed by atoms with Crippen LogP contribution in [0.25, 0.3) is 0 Å². The zero-order valence-electron chi connectivity index (χ0n) is 7.30. The van der Waals surface area contributed by atoms with Crippen molar-refractivity contribution in [1.29, 1.82) is 0 Å². The highest BCUT2D eigenvalue weighted by Crippen LogP contribution is 1.98. The van der Waals surface area contributed by atoms with E-state index in [1.165, 1.54) is 0 Å². The lowest BCUT2D eigenvalue weighted by Crippen LogP contribution is -2.13. The van der Waals surface area contributed by atoms with E-state index >= 15 is 0 Å². The summed E-state index contributed by atoms with van der Waals surface area (Å²) in [5, 5.41) is 0. The van der Waals surface area contributed by atoms with Crippen LogP contribution in [-0.2, 0) is 9.53 Å². The summed E-state index contributed by atoms with van der Waals surface area (Å²) in [5.74, 6) is 0.374. The predicted molar refractivity (Wildman–Crippen MR) is 51.1 cm³/mol. The second-order valence-corrected chi connectivity index (χ2v) is 2.77. The van der Waals surface area contributed by atoms with Crippen molar-refractivity contribution in [3.63, 3.8) is 0 Å². The summed E-state index contributed by atoms with van der Waals surface area (Å²) in [4.78, 5) is 11.0. The fraction of sp³-hybridized carbons (Fsp3) is 0.889. The van der Waals surface area contributed by atoms with Crippen LogP contribution in [0.1, 0.15) is 27.7 Å².